The van der Waals surface area contributed by atoms with Crippen LogP contribution in [0.4, 0.5) is 4.39 Å². The number of carbonyl (C=O) groups excluding carboxylic acids is 2. The molecule has 0 N–H and O–H groups in total. The quantitative estimate of drug-likeness (QED) is 0.724. The Hall–Kier alpha value is -2.60. The molecule has 0 aromatic heterocycles. The van der Waals surface area contributed by atoms with Crippen molar-refractivity contribution in [1.29, 1.82) is 0 Å². The van der Waals surface area contributed by atoms with Crippen LogP contribution in [0.1, 0.15) is 18.1 Å². The molecule has 6 heteroatoms. The molecule has 0 bridgehead atoms. The maximum atomic E-state index is 13.1. The first-order chi connectivity index (χ1) is 12.5. The van der Waals surface area contributed by atoms with Gasteiger partial charge in [0, 0.05) is 0 Å². The standard InChI is InChI=1S/C20H18FNO3S/c1-3-26-18-17(14-6-10-16(25-2)11-7-14)19(23)22(20(18)24)12-13-4-8-15(21)9-5-13/h4-11H,3,12H2,1-2H3. The van der Waals surface area contributed by atoms with Gasteiger partial charge in [-0.3, -0.25) is 14.5 Å². The second kappa shape index (κ2) is 7.74. The van der Waals surface area contributed by atoms with Crippen LogP contribution in [0.25, 0.3) is 5.57 Å². The molecule has 0 saturated carbocycles. The van der Waals surface area contributed by atoms with Crippen molar-refractivity contribution in [2.24, 2.45) is 0 Å². The van der Waals surface area contributed by atoms with Gasteiger partial charge in [0.05, 0.1) is 24.1 Å². The second-order valence-corrected chi connectivity index (χ2v) is 6.96. The predicted octanol–water partition coefficient (Wildman–Crippen LogP) is 3.87. The highest BCUT2D eigenvalue weighted by molar-refractivity contribution is 8.04. The minimum absolute atomic E-state index is 0.116. The van der Waals surface area contributed by atoms with Gasteiger partial charge in [-0.05, 0) is 41.1 Å². The van der Waals surface area contributed by atoms with E-state index in [4.69, 9.17) is 4.74 Å². The Morgan fingerprint density at radius 2 is 1.65 bits per heavy atom. The summed E-state index contributed by atoms with van der Waals surface area (Å²) >= 11 is 1.36. The molecule has 1 aliphatic heterocycles. The lowest BCUT2D eigenvalue weighted by atomic mass is 10.1. The molecular weight excluding hydrogens is 353 g/mol. The number of halogens is 1. The summed E-state index contributed by atoms with van der Waals surface area (Å²) in [5, 5.41) is 0. The molecule has 0 unspecified atom stereocenters. The fourth-order valence-electron chi connectivity index (χ4n) is 2.76. The molecule has 0 aliphatic carbocycles. The normalized spacial score (nSPS) is 14.3. The number of hydrogen-bond acceptors (Lipinski definition) is 4. The van der Waals surface area contributed by atoms with Crippen molar-refractivity contribution in [1.82, 2.24) is 4.90 Å². The van der Waals surface area contributed by atoms with Crippen molar-refractivity contribution in [3.8, 4) is 5.75 Å². The van der Waals surface area contributed by atoms with Crippen LogP contribution in [0.5, 0.6) is 5.75 Å². The van der Waals surface area contributed by atoms with E-state index in [1.54, 1.807) is 43.5 Å². The highest BCUT2D eigenvalue weighted by Crippen LogP contribution is 2.37. The number of rotatable bonds is 6. The number of nitrogens with zero attached hydrogens (tertiary/aromatic N) is 1. The third kappa shape index (κ3) is 3.51. The summed E-state index contributed by atoms with van der Waals surface area (Å²) in [5.41, 5.74) is 1.79. The summed E-state index contributed by atoms with van der Waals surface area (Å²) in [6.45, 7) is 2.05. The van der Waals surface area contributed by atoms with Crippen molar-refractivity contribution in [3.63, 3.8) is 0 Å². The molecule has 2 aromatic carbocycles. The summed E-state index contributed by atoms with van der Waals surface area (Å²) in [4.78, 5) is 27.4. The van der Waals surface area contributed by atoms with E-state index in [0.717, 1.165) is 0 Å². The van der Waals surface area contributed by atoms with Crippen LogP contribution in [-0.4, -0.2) is 29.6 Å². The minimum atomic E-state index is -0.355. The lowest BCUT2D eigenvalue weighted by molar-refractivity contribution is -0.137. The largest absolute Gasteiger partial charge is 0.497 e. The van der Waals surface area contributed by atoms with Crippen molar-refractivity contribution in [2.75, 3.05) is 12.9 Å². The Kier molecular flexibility index (Phi) is 5.42. The van der Waals surface area contributed by atoms with Crippen LogP contribution in [-0.2, 0) is 16.1 Å². The number of benzene rings is 2. The van der Waals surface area contributed by atoms with Crippen molar-refractivity contribution >= 4 is 29.1 Å². The van der Waals surface area contributed by atoms with E-state index in [0.29, 0.717) is 33.1 Å². The number of hydrogen-bond donors (Lipinski definition) is 0. The van der Waals surface area contributed by atoms with Crippen LogP contribution in [0.2, 0.25) is 0 Å². The van der Waals surface area contributed by atoms with Crippen molar-refractivity contribution in [2.45, 2.75) is 13.5 Å². The first-order valence-corrected chi connectivity index (χ1v) is 9.15. The van der Waals surface area contributed by atoms with Gasteiger partial charge in [-0.15, -0.1) is 11.8 Å². The van der Waals surface area contributed by atoms with Gasteiger partial charge in [-0.2, -0.15) is 0 Å². The summed E-state index contributed by atoms with van der Waals surface area (Å²) < 4.78 is 18.2. The van der Waals surface area contributed by atoms with E-state index in [-0.39, 0.29) is 24.2 Å². The monoisotopic (exact) mass is 371 g/mol. The summed E-state index contributed by atoms with van der Waals surface area (Å²) in [6, 6.07) is 12.9. The molecule has 1 aliphatic rings. The van der Waals surface area contributed by atoms with E-state index >= 15 is 0 Å². The Balaban J connectivity index is 1.93. The van der Waals surface area contributed by atoms with Gasteiger partial charge in [0.2, 0.25) is 0 Å². The zero-order valence-electron chi connectivity index (χ0n) is 14.5. The maximum Gasteiger partial charge on any atom is 0.268 e. The van der Waals surface area contributed by atoms with Crippen LogP contribution in [0.3, 0.4) is 0 Å². The van der Waals surface area contributed by atoms with Crippen molar-refractivity contribution < 1.29 is 18.7 Å². The van der Waals surface area contributed by atoms with Gasteiger partial charge in [0.25, 0.3) is 11.8 Å². The fourth-order valence-corrected chi connectivity index (χ4v) is 3.63. The molecular formula is C20H18FNO3S. The fraction of sp³-hybridized carbons (Fsp3) is 0.200. The van der Waals surface area contributed by atoms with Crippen LogP contribution in [0, 0.1) is 5.82 Å². The number of methoxy groups -OCH3 is 1. The molecule has 134 valence electrons. The van der Waals surface area contributed by atoms with E-state index in [1.807, 2.05) is 6.92 Å². The van der Waals surface area contributed by atoms with E-state index < -0.39 is 0 Å². The van der Waals surface area contributed by atoms with Gasteiger partial charge in [-0.1, -0.05) is 31.2 Å². The third-order valence-corrected chi connectivity index (χ3v) is 5.00. The molecule has 0 saturated heterocycles. The second-order valence-electron chi connectivity index (χ2n) is 5.69. The van der Waals surface area contributed by atoms with Crippen LogP contribution in [0.15, 0.2) is 53.4 Å². The third-order valence-electron chi connectivity index (χ3n) is 4.05. The van der Waals surface area contributed by atoms with E-state index in [9.17, 15) is 14.0 Å². The van der Waals surface area contributed by atoms with Crippen LogP contribution < -0.4 is 4.74 Å². The summed E-state index contributed by atoms with van der Waals surface area (Å²) in [6.07, 6.45) is 0. The molecule has 1 heterocycles. The Morgan fingerprint density at radius 1 is 1.00 bits per heavy atom. The molecule has 0 radical (unpaired) electrons. The number of ether oxygens (including phenoxy) is 1. The van der Waals surface area contributed by atoms with E-state index in [1.165, 1.54) is 28.8 Å². The van der Waals surface area contributed by atoms with Crippen molar-refractivity contribution in [3.05, 3.63) is 70.4 Å². The van der Waals surface area contributed by atoms with Gasteiger partial charge in [0.1, 0.15) is 11.6 Å². The number of carbonyl (C=O) groups is 2. The van der Waals surface area contributed by atoms with Gasteiger partial charge >= 0.3 is 0 Å². The van der Waals surface area contributed by atoms with E-state index in [2.05, 4.69) is 0 Å². The Morgan fingerprint density at radius 3 is 2.23 bits per heavy atom. The zero-order chi connectivity index (χ0) is 18.7. The number of amides is 2. The molecule has 0 spiro atoms. The Labute approximate surface area is 155 Å². The molecule has 0 atom stereocenters. The maximum absolute atomic E-state index is 13.1. The number of imide groups is 1. The topological polar surface area (TPSA) is 46.6 Å². The lowest BCUT2D eigenvalue weighted by Crippen LogP contribution is -2.30. The van der Waals surface area contributed by atoms with Gasteiger partial charge in [-0.25, -0.2) is 4.39 Å². The highest BCUT2D eigenvalue weighted by Gasteiger charge is 2.38. The molecule has 3 rings (SSSR count). The SMILES string of the molecule is CCSC1=C(c2ccc(OC)cc2)C(=O)N(Cc2ccc(F)cc2)C1=O. The predicted molar refractivity (Wildman–Crippen MR) is 100 cm³/mol. The van der Waals surface area contributed by atoms with Gasteiger partial charge < -0.3 is 4.74 Å². The average Bonchev–Trinajstić information content (AvgIpc) is 2.88. The minimum Gasteiger partial charge on any atom is -0.497 e. The van der Waals surface area contributed by atoms with Crippen LogP contribution >= 0.6 is 11.8 Å². The molecule has 0 fully saturated rings. The van der Waals surface area contributed by atoms with Gasteiger partial charge in [0.15, 0.2) is 0 Å². The smallest absolute Gasteiger partial charge is 0.268 e. The Bertz CT molecular complexity index is 860. The average molecular weight is 371 g/mol. The lowest BCUT2D eigenvalue weighted by Gasteiger charge is -2.15. The molecule has 2 amide bonds. The highest BCUT2D eigenvalue weighted by atomic mass is 32.2. The molecule has 2 aromatic rings. The molecule has 26 heavy (non-hydrogen) atoms. The number of thioether (sulfide) groups is 1. The zero-order valence-corrected chi connectivity index (χ0v) is 15.3. The summed E-state index contributed by atoms with van der Waals surface area (Å²) in [5.74, 6) is 0.363. The summed E-state index contributed by atoms with van der Waals surface area (Å²) in [7, 11) is 1.57. The first kappa shape index (κ1) is 18.2. The first-order valence-electron chi connectivity index (χ1n) is 8.17. The molecule has 4 nitrogen and oxygen atoms in total.